The second kappa shape index (κ2) is 9.19. The molecule has 0 radical (unpaired) electrons. The van der Waals surface area contributed by atoms with E-state index in [0.717, 1.165) is 10.6 Å². The summed E-state index contributed by atoms with van der Waals surface area (Å²) in [5, 5.41) is 3.62. The Balaban J connectivity index is 1.52. The van der Waals surface area contributed by atoms with Crippen LogP contribution < -0.4 is 10.2 Å². The smallest absolute Gasteiger partial charge is 0.230 e. The van der Waals surface area contributed by atoms with Crippen molar-refractivity contribution in [1.29, 1.82) is 0 Å². The van der Waals surface area contributed by atoms with E-state index in [9.17, 15) is 9.18 Å². The van der Waals surface area contributed by atoms with Gasteiger partial charge in [-0.3, -0.25) is 4.79 Å². The molecule has 144 valence electrons. The average Bonchev–Trinajstić information content (AvgIpc) is 2.65. The molecule has 0 aliphatic carbocycles. The number of nitrogens with zero attached hydrogens (tertiary/aromatic N) is 2. The molecular weight excluding hydrogens is 365 g/mol. The lowest BCUT2D eigenvalue weighted by Crippen LogP contribution is -2.45. The van der Waals surface area contributed by atoms with Gasteiger partial charge in [-0.1, -0.05) is 23.9 Å². The molecule has 27 heavy (non-hydrogen) atoms. The van der Waals surface area contributed by atoms with E-state index in [1.165, 1.54) is 17.8 Å². The highest BCUT2D eigenvalue weighted by Gasteiger charge is 2.24. The summed E-state index contributed by atoms with van der Waals surface area (Å²) in [6, 6.07) is 10.7. The standard InChI is InChI=1S/C20H24FN3O2S/c1-14-11-24(12-15(2)26-14)18-7-6-16(9-17(18)21)10-23-19(25)13-27-20-5-3-4-8-22-20/h3-9,14-15H,10-13H2,1-2H3,(H,23,25)/t14-,15+. The molecule has 2 heterocycles. The van der Waals surface area contributed by atoms with Gasteiger partial charge in [0.05, 0.1) is 28.7 Å². The van der Waals surface area contributed by atoms with E-state index in [1.54, 1.807) is 12.3 Å². The predicted molar refractivity (Wildman–Crippen MR) is 105 cm³/mol. The number of nitrogens with one attached hydrogen (secondary N) is 1. The number of hydrogen-bond donors (Lipinski definition) is 1. The first-order chi connectivity index (χ1) is 13.0. The number of hydrogen-bond acceptors (Lipinski definition) is 5. The van der Waals surface area contributed by atoms with E-state index < -0.39 is 0 Å². The summed E-state index contributed by atoms with van der Waals surface area (Å²) in [5.74, 6) is -0.0990. The molecule has 1 N–H and O–H groups in total. The Hall–Kier alpha value is -2.12. The molecule has 3 rings (SSSR count). The van der Waals surface area contributed by atoms with Gasteiger partial charge in [0.2, 0.25) is 5.91 Å². The largest absolute Gasteiger partial charge is 0.372 e. The van der Waals surface area contributed by atoms with Gasteiger partial charge in [0.15, 0.2) is 0 Å². The van der Waals surface area contributed by atoms with Gasteiger partial charge in [-0.25, -0.2) is 9.37 Å². The Bertz CT molecular complexity index is 765. The number of pyridine rings is 1. The first-order valence-electron chi connectivity index (χ1n) is 9.00. The van der Waals surface area contributed by atoms with Crippen molar-refractivity contribution in [2.45, 2.75) is 37.6 Å². The minimum Gasteiger partial charge on any atom is -0.372 e. The van der Waals surface area contributed by atoms with E-state index >= 15 is 0 Å². The number of rotatable bonds is 6. The lowest BCUT2D eigenvalue weighted by atomic mass is 10.1. The number of amides is 1. The van der Waals surface area contributed by atoms with Gasteiger partial charge in [-0.15, -0.1) is 0 Å². The summed E-state index contributed by atoms with van der Waals surface area (Å²) < 4.78 is 20.3. The molecule has 2 aromatic rings. The zero-order chi connectivity index (χ0) is 19.2. The van der Waals surface area contributed by atoms with Gasteiger partial charge in [-0.2, -0.15) is 0 Å². The molecule has 0 spiro atoms. The van der Waals surface area contributed by atoms with E-state index in [0.29, 0.717) is 25.3 Å². The first kappa shape index (κ1) is 19.6. The van der Waals surface area contributed by atoms with Crippen LogP contribution >= 0.6 is 11.8 Å². The SMILES string of the molecule is C[C@@H]1CN(c2ccc(CNC(=O)CSc3ccccn3)cc2F)C[C@H](C)O1. The Morgan fingerprint density at radius 3 is 2.74 bits per heavy atom. The van der Waals surface area contributed by atoms with Crippen LogP contribution in [0.15, 0.2) is 47.6 Å². The number of thioether (sulfide) groups is 1. The highest BCUT2D eigenvalue weighted by Crippen LogP contribution is 2.24. The molecular formula is C20H24FN3O2S. The summed E-state index contributed by atoms with van der Waals surface area (Å²) >= 11 is 1.37. The maximum Gasteiger partial charge on any atom is 0.230 e. The molecule has 5 nitrogen and oxygen atoms in total. The van der Waals surface area contributed by atoms with E-state index in [-0.39, 0.29) is 29.7 Å². The molecule has 1 amide bonds. The number of aromatic nitrogens is 1. The normalized spacial score (nSPS) is 19.7. The van der Waals surface area contributed by atoms with Crippen molar-refractivity contribution < 1.29 is 13.9 Å². The fraction of sp³-hybridized carbons (Fsp3) is 0.400. The van der Waals surface area contributed by atoms with E-state index in [1.807, 2.05) is 43.0 Å². The van der Waals surface area contributed by atoms with Crippen molar-refractivity contribution in [3.63, 3.8) is 0 Å². The number of anilines is 1. The van der Waals surface area contributed by atoms with Gasteiger partial charge >= 0.3 is 0 Å². The second-order valence-electron chi connectivity index (χ2n) is 6.68. The van der Waals surface area contributed by atoms with Gasteiger partial charge in [0.25, 0.3) is 0 Å². The highest BCUT2D eigenvalue weighted by atomic mass is 32.2. The summed E-state index contributed by atoms with van der Waals surface area (Å²) in [7, 11) is 0. The van der Waals surface area contributed by atoms with Crippen LogP contribution in [-0.2, 0) is 16.1 Å². The molecule has 1 saturated heterocycles. The topological polar surface area (TPSA) is 54.5 Å². The van der Waals surface area contributed by atoms with Crippen LogP contribution in [0, 0.1) is 5.82 Å². The third-order valence-electron chi connectivity index (χ3n) is 4.25. The van der Waals surface area contributed by atoms with Crippen LogP contribution in [0.25, 0.3) is 0 Å². The second-order valence-corrected chi connectivity index (χ2v) is 7.68. The Morgan fingerprint density at radius 2 is 2.07 bits per heavy atom. The van der Waals surface area contributed by atoms with Crippen LogP contribution in [0.4, 0.5) is 10.1 Å². The Kier molecular flexibility index (Phi) is 6.68. The third-order valence-corrected chi connectivity index (χ3v) is 5.19. The number of halogens is 1. The zero-order valence-electron chi connectivity index (χ0n) is 15.5. The summed E-state index contributed by atoms with van der Waals surface area (Å²) in [6.07, 6.45) is 1.84. The van der Waals surface area contributed by atoms with Crippen LogP contribution in [0.5, 0.6) is 0 Å². The van der Waals surface area contributed by atoms with Crippen molar-refractivity contribution in [2.75, 3.05) is 23.7 Å². The van der Waals surface area contributed by atoms with Gasteiger partial charge in [-0.05, 0) is 43.7 Å². The third kappa shape index (κ3) is 5.68. The zero-order valence-corrected chi connectivity index (χ0v) is 16.3. The predicted octanol–water partition coefficient (Wildman–Crippen LogP) is 3.24. The number of benzene rings is 1. The van der Waals surface area contributed by atoms with E-state index in [4.69, 9.17) is 4.74 Å². The lowest BCUT2D eigenvalue weighted by Gasteiger charge is -2.37. The Morgan fingerprint density at radius 1 is 1.30 bits per heavy atom. The summed E-state index contributed by atoms with van der Waals surface area (Å²) in [4.78, 5) is 18.2. The van der Waals surface area contributed by atoms with Gasteiger partial charge < -0.3 is 15.0 Å². The van der Waals surface area contributed by atoms with Crippen molar-refractivity contribution in [2.24, 2.45) is 0 Å². The quantitative estimate of drug-likeness (QED) is 0.769. The van der Waals surface area contributed by atoms with Crippen molar-refractivity contribution in [3.05, 3.63) is 54.0 Å². The van der Waals surface area contributed by atoms with E-state index in [2.05, 4.69) is 10.3 Å². The summed E-state index contributed by atoms with van der Waals surface area (Å²) in [5.41, 5.74) is 1.32. The molecule has 1 fully saturated rings. The van der Waals surface area contributed by atoms with Crippen LogP contribution in [0.2, 0.25) is 0 Å². The van der Waals surface area contributed by atoms with Crippen molar-refractivity contribution in [1.82, 2.24) is 10.3 Å². The molecule has 0 bridgehead atoms. The van der Waals surface area contributed by atoms with Crippen LogP contribution in [0.1, 0.15) is 19.4 Å². The highest BCUT2D eigenvalue weighted by molar-refractivity contribution is 7.99. The van der Waals surface area contributed by atoms with Crippen LogP contribution in [0.3, 0.4) is 0 Å². The number of carbonyl (C=O) groups is 1. The molecule has 1 aromatic carbocycles. The number of carbonyl (C=O) groups excluding carboxylic acids is 1. The minimum atomic E-state index is -0.272. The molecule has 0 saturated carbocycles. The molecule has 1 aliphatic rings. The summed E-state index contributed by atoms with van der Waals surface area (Å²) in [6.45, 7) is 5.62. The fourth-order valence-electron chi connectivity index (χ4n) is 3.12. The monoisotopic (exact) mass is 389 g/mol. The van der Waals surface area contributed by atoms with Crippen molar-refractivity contribution >= 4 is 23.4 Å². The Labute approximate surface area is 163 Å². The number of morpholine rings is 1. The van der Waals surface area contributed by atoms with Gasteiger partial charge in [0, 0.05) is 25.8 Å². The van der Waals surface area contributed by atoms with Crippen LogP contribution in [-0.4, -0.2) is 41.9 Å². The first-order valence-corrected chi connectivity index (χ1v) is 9.99. The maximum absolute atomic E-state index is 14.6. The molecule has 1 aromatic heterocycles. The van der Waals surface area contributed by atoms with Gasteiger partial charge in [0.1, 0.15) is 5.82 Å². The van der Waals surface area contributed by atoms with Crippen molar-refractivity contribution in [3.8, 4) is 0 Å². The molecule has 1 aliphatic heterocycles. The fourth-order valence-corrected chi connectivity index (χ4v) is 3.81. The average molecular weight is 389 g/mol. The molecule has 2 atom stereocenters. The number of ether oxygens (including phenoxy) is 1. The molecule has 0 unspecified atom stereocenters. The minimum absolute atomic E-state index is 0.0729. The lowest BCUT2D eigenvalue weighted by molar-refractivity contribution is -0.118. The molecule has 7 heteroatoms. The maximum atomic E-state index is 14.6.